The molecule has 0 fully saturated rings. The van der Waals surface area contributed by atoms with Gasteiger partial charge >= 0.3 is 0 Å². The molecule has 256 valence electrons. The molecule has 0 unspecified atom stereocenters. The molecule has 0 spiro atoms. The summed E-state index contributed by atoms with van der Waals surface area (Å²) in [6, 6.07) is 46.3. The number of nitrogens with one attached hydrogen (secondary N) is 1. The largest absolute Gasteiger partial charge is 0.402 e. The SMILES string of the molecule is C=C/C=C\CNC(=C)c1ccccc1/C(C=C)=C(/C)N.C=N/C(=C\C(C)(c1ccccc1)c1ccccc1)c1ccc(-c2ccc(C)cc2)cc1. The first-order valence-electron chi connectivity index (χ1n) is 17.1. The van der Waals surface area contributed by atoms with E-state index in [2.05, 4.69) is 166 Å². The molecule has 0 aliphatic carbocycles. The van der Waals surface area contributed by atoms with Crippen molar-refractivity contribution < 1.29 is 0 Å². The van der Waals surface area contributed by atoms with Gasteiger partial charge in [-0.25, -0.2) is 0 Å². The van der Waals surface area contributed by atoms with Gasteiger partial charge in [-0.1, -0.05) is 183 Å². The maximum absolute atomic E-state index is 5.92. The normalized spacial score (nSPS) is 11.9. The summed E-state index contributed by atoms with van der Waals surface area (Å²) in [5, 5.41) is 3.27. The lowest BCUT2D eigenvalue weighted by atomic mass is 9.75. The van der Waals surface area contributed by atoms with E-state index in [1.54, 1.807) is 12.2 Å². The summed E-state index contributed by atoms with van der Waals surface area (Å²) in [6.45, 7) is 22.4. The van der Waals surface area contributed by atoms with Gasteiger partial charge in [-0.2, -0.15) is 0 Å². The van der Waals surface area contributed by atoms with Gasteiger partial charge in [0.1, 0.15) is 0 Å². The Balaban J connectivity index is 0.000000253. The molecule has 0 atom stereocenters. The van der Waals surface area contributed by atoms with Crippen LogP contribution >= 0.6 is 0 Å². The fourth-order valence-electron chi connectivity index (χ4n) is 5.88. The number of aliphatic imine (C=N–C) groups is 1. The molecule has 0 bridgehead atoms. The fraction of sp³-hybridized carbons (Fsp3) is 0.104. The standard InChI is InChI=1S/C30H27N.C18H22N2/c1-23-14-16-24(17-15-23)25-18-20-26(21-19-25)29(31-3)22-30(2,27-10-6-4-7-11-27)28-12-8-5-9-13-28;1-5-7-10-13-20-15(4)17-11-8-9-12-18(17)16(6-2)14(3)19/h4-22H,3H2,1-2H3;5-12,20H,1-2,4,13,19H2,3H3/b29-22-;10-7-,16-14-. The Bertz CT molecular complexity index is 1970. The molecule has 0 saturated carbocycles. The van der Waals surface area contributed by atoms with Crippen molar-refractivity contribution in [2.45, 2.75) is 26.2 Å². The number of nitrogens with zero attached hydrogens (tertiary/aromatic N) is 1. The number of allylic oxidation sites excluding steroid dienone is 6. The highest BCUT2D eigenvalue weighted by Gasteiger charge is 2.27. The van der Waals surface area contributed by atoms with Gasteiger partial charge in [-0.3, -0.25) is 4.99 Å². The molecule has 0 aliphatic heterocycles. The summed E-state index contributed by atoms with van der Waals surface area (Å²) in [5.41, 5.74) is 18.3. The van der Waals surface area contributed by atoms with Crippen LogP contribution in [-0.2, 0) is 5.41 Å². The molecule has 51 heavy (non-hydrogen) atoms. The van der Waals surface area contributed by atoms with Crippen molar-refractivity contribution in [2.24, 2.45) is 10.7 Å². The summed E-state index contributed by atoms with van der Waals surface area (Å²) < 4.78 is 0. The Kier molecular flexibility index (Phi) is 13.7. The monoisotopic (exact) mass is 667 g/mol. The van der Waals surface area contributed by atoms with Crippen LogP contribution in [0.15, 0.2) is 194 Å². The van der Waals surface area contributed by atoms with E-state index in [9.17, 15) is 0 Å². The van der Waals surface area contributed by atoms with E-state index < -0.39 is 0 Å². The summed E-state index contributed by atoms with van der Waals surface area (Å²) in [6.07, 6.45) is 9.63. The Labute approximate surface area is 305 Å². The van der Waals surface area contributed by atoms with Crippen molar-refractivity contribution in [3.8, 4) is 11.1 Å². The number of hydrogen-bond donors (Lipinski definition) is 2. The first kappa shape index (κ1) is 37.6. The van der Waals surface area contributed by atoms with Gasteiger partial charge in [0.05, 0.1) is 5.70 Å². The lowest BCUT2D eigenvalue weighted by Gasteiger charge is -2.28. The lowest BCUT2D eigenvalue weighted by molar-refractivity contribution is 0.724. The van der Waals surface area contributed by atoms with Gasteiger partial charge < -0.3 is 11.1 Å². The van der Waals surface area contributed by atoms with Crippen LogP contribution in [0.5, 0.6) is 0 Å². The van der Waals surface area contributed by atoms with E-state index in [4.69, 9.17) is 5.73 Å². The number of benzene rings is 5. The van der Waals surface area contributed by atoms with E-state index >= 15 is 0 Å². The van der Waals surface area contributed by atoms with Gasteiger partial charge in [-0.05, 0) is 66.9 Å². The third-order valence-electron chi connectivity index (χ3n) is 8.79. The van der Waals surface area contributed by atoms with E-state index in [1.165, 1.54) is 27.8 Å². The van der Waals surface area contributed by atoms with Crippen LogP contribution < -0.4 is 11.1 Å². The minimum atomic E-state index is -0.325. The molecular formula is C48H49N3. The van der Waals surface area contributed by atoms with Gasteiger partial charge in [-0.15, -0.1) is 0 Å². The minimum absolute atomic E-state index is 0.325. The number of nitrogens with two attached hydrogens (primary N) is 1. The van der Waals surface area contributed by atoms with Crippen molar-refractivity contribution in [2.75, 3.05) is 6.54 Å². The fourth-order valence-corrected chi connectivity index (χ4v) is 5.88. The Morgan fingerprint density at radius 3 is 1.75 bits per heavy atom. The average molecular weight is 668 g/mol. The van der Waals surface area contributed by atoms with Gasteiger partial charge in [0.25, 0.3) is 0 Å². The van der Waals surface area contributed by atoms with Crippen LogP contribution in [0.25, 0.3) is 28.1 Å². The molecule has 0 amide bonds. The number of hydrogen-bond acceptors (Lipinski definition) is 3. The Morgan fingerprint density at radius 1 is 0.745 bits per heavy atom. The van der Waals surface area contributed by atoms with Crippen LogP contribution in [0, 0.1) is 6.92 Å². The first-order valence-corrected chi connectivity index (χ1v) is 17.1. The number of aryl methyl sites for hydroxylation is 1. The van der Waals surface area contributed by atoms with Gasteiger partial charge in [0, 0.05) is 34.5 Å². The maximum Gasteiger partial charge on any atom is 0.0667 e. The zero-order valence-corrected chi connectivity index (χ0v) is 30.1. The van der Waals surface area contributed by atoms with Crippen molar-refractivity contribution in [1.82, 2.24) is 5.32 Å². The predicted octanol–water partition coefficient (Wildman–Crippen LogP) is 11.6. The second-order valence-corrected chi connectivity index (χ2v) is 12.4. The van der Waals surface area contributed by atoms with Crippen molar-refractivity contribution in [3.05, 3.63) is 223 Å². The highest BCUT2D eigenvalue weighted by atomic mass is 14.9. The quantitative estimate of drug-likeness (QED) is 0.0970. The van der Waals surface area contributed by atoms with Crippen molar-refractivity contribution >= 4 is 23.7 Å². The topological polar surface area (TPSA) is 50.4 Å². The Hall–Kier alpha value is -6.19. The van der Waals surface area contributed by atoms with Crippen LogP contribution in [-0.4, -0.2) is 13.3 Å². The highest BCUT2D eigenvalue weighted by molar-refractivity contribution is 5.83. The van der Waals surface area contributed by atoms with E-state index in [0.29, 0.717) is 6.54 Å². The summed E-state index contributed by atoms with van der Waals surface area (Å²) >= 11 is 0. The molecule has 3 nitrogen and oxygen atoms in total. The van der Waals surface area contributed by atoms with Crippen LogP contribution in [0.3, 0.4) is 0 Å². The lowest BCUT2D eigenvalue weighted by Crippen LogP contribution is -2.21. The molecular weight excluding hydrogens is 619 g/mol. The number of rotatable bonds is 13. The second-order valence-electron chi connectivity index (χ2n) is 12.4. The molecule has 3 heteroatoms. The van der Waals surface area contributed by atoms with Crippen LogP contribution in [0.4, 0.5) is 0 Å². The van der Waals surface area contributed by atoms with Crippen LogP contribution in [0.1, 0.15) is 47.2 Å². The maximum atomic E-state index is 5.92. The third-order valence-corrected chi connectivity index (χ3v) is 8.79. The minimum Gasteiger partial charge on any atom is -0.402 e. The molecule has 5 rings (SSSR count). The molecule has 0 heterocycles. The third kappa shape index (κ3) is 9.93. The average Bonchev–Trinajstić information content (AvgIpc) is 3.17. The highest BCUT2D eigenvalue weighted by Crippen LogP contribution is 2.37. The molecule has 0 aromatic heterocycles. The molecule has 3 N–H and O–H groups in total. The zero-order valence-electron chi connectivity index (χ0n) is 30.1. The van der Waals surface area contributed by atoms with Crippen molar-refractivity contribution in [1.29, 1.82) is 0 Å². The molecule has 5 aromatic rings. The summed E-state index contributed by atoms with van der Waals surface area (Å²) in [4.78, 5) is 4.42. The van der Waals surface area contributed by atoms with E-state index in [0.717, 1.165) is 39.4 Å². The second kappa shape index (κ2) is 18.5. The van der Waals surface area contributed by atoms with E-state index in [1.807, 2.05) is 43.3 Å². The van der Waals surface area contributed by atoms with Crippen LogP contribution in [0.2, 0.25) is 0 Å². The molecule has 5 aromatic carbocycles. The first-order chi connectivity index (χ1) is 24.7. The molecule has 0 aliphatic rings. The van der Waals surface area contributed by atoms with Gasteiger partial charge in [0.15, 0.2) is 0 Å². The van der Waals surface area contributed by atoms with Gasteiger partial charge in [0.2, 0.25) is 0 Å². The zero-order chi connectivity index (χ0) is 36.6. The van der Waals surface area contributed by atoms with Crippen molar-refractivity contribution in [3.63, 3.8) is 0 Å². The molecule has 0 saturated heterocycles. The Morgan fingerprint density at radius 2 is 1.25 bits per heavy atom. The van der Waals surface area contributed by atoms with E-state index in [-0.39, 0.29) is 5.41 Å². The predicted molar refractivity (Wildman–Crippen MR) is 223 cm³/mol. The summed E-state index contributed by atoms with van der Waals surface area (Å²) in [5.74, 6) is 0. The summed E-state index contributed by atoms with van der Waals surface area (Å²) in [7, 11) is 0. The smallest absolute Gasteiger partial charge is 0.0667 e. The molecule has 0 radical (unpaired) electrons.